The average Bonchev–Trinajstić information content (AvgIpc) is 2.27. The van der Waals surface area contributed by atoms with Gasteiger partial charge in [-0.2, -0.15) is 0 Å². The van der Waals surface area contributed by atoms with E-state index in [0.717, 1.165) is 0 Å². The normalized spacial score (nSPS) is 35.9. The van der Waals surface area contributed by atoms with Crippen LogP contribution in [0.25, 0.3) is 0 Å². The van der Waals surface area contributed by atoms with Crippen LogP contribution in [0.3, 0.4) is 0 Å². The van der Waals surface area contributed by atoms with Crippen LogP contribution in [0.15, 0.2) is 0 Å². The Kier molecular flexibility index (Phi) is 5.06. The maximum Gasteiger partial charge on any atom is 0.303 e. The number of hydrogen-bond donors (Lipinski definition) is 2. The lowest BCUT2D eigenvalue weighted by atomic mass is 9.96. The molecule has 0 aliphatic carbocycles. The third kappa shape index (κ3) is 3.41. The molecular weight excluding hydrogens is 242 g/mol. The molecule has 1 rings (SSSR count). The zero-order chi connectivity index (χ0) is 13.9. The molecule has 1 aliphatic heterocycles. The summed E-state index contributed by atoms with van der Waals surface area (Å²) in [5.41, 5.74) is 0. The number of amides is 1. The van der Waals surface area contributed by atoms with Crippen LogP contribution in [0.2, 0.25) is 0 Å². The maximum absolute atomic E-state index is 11.1. The standard InChI is InChI=1S/C11H19NO6/c1-5-9(15)8(12-6(2)13)10(18-7(3)14)11(16-4)17-5/h5,8-11,15H,1-4H3,(H,12,13)/t5-,8-,9+,10+,11-/m1/s1. The quantitative estimate of drug-likeness (QED) is 0.644. The summed E-state index contributed by atoms with van der Waals surface area (Å²) in [5.74, 6) is -0.872. The summed E-state index contributed by atoms with van der Waals surface area (Å²) in [6.45, 7) is 4.21. The van der Waals surface area contributed by atoms with Gasteiger partial charge in [-0.1, -0.05) is 0 Å². The third-order valence-electron chi connectivity index (χ3n) is 2.72. The summed E-state index contributed by atoms with van der Waals surface area (Å²) in [4.78, 5) is 22.2. The van der Waals surface area contributed by atoms with Crippen molar-refractivity contribution in [2.75, 3.05) is 7.11 Å². The molecule has 0 aromatic carbocycles. The average molecular weight is 261 g/mol. The van der Waals surface area contributed by atoms with Crippen molar-refractivity contribution in [3.05, 3.63) is 0 Å². The van der Waals surface area contributed by atoms with Gasteiger partial charge in [-0.25, -0.2) is 0 Å². The molecule has 2 N–H and O–H groups in total. The van der Waals surface area contributed by atoms with Crippen LogP contribution in [0, 0.1) is 0 Å². The first-order valence-electron chi connectivity index (χ1n) is 5.67. The topological polar surface area (TPSA) is 94.1 Å². The van der Waals surface area contributed by atoms with E-state index in [-0.39, 0.29) is 5.91 Å². The molecule has 0 spiro atoms. The minimum absolute atomic E-state index is 0.333. The van der Waals surface area contributed by atoms with Crippen LogP contribution in [0.1, 0.15) is 20.8 Å². The van der Waals surface area contributed by atoms with E-state index in [2.05, 4.69) is 5.32 Å². The van der Waals surface area contributed by atoms with Gasteiger partial charge in [-0.3, -0.25) is 9.59 Å². The molecule has 0 unspecified atom stereocenters. The highest BCUT2D eigenvalue weighted by Gasteiger charge is 2.46. The Morgan fingerprint density at radius 1 is 1.33 bits per heavy atom. The third-order valence-corrected chi connectivity index (χ3v) is 2.72. The first kappa shape index (κ1) is 14.9. The lowest BCUT2D eigenvalue weighted by molar-refractivity contribution is -0.266. The number of rotatable bonds is 3. The fourth-order valence-electron chi connectivity index (χ4n) is 1.94. The van der Waals surface area contributed by atoms with Gasteiger partial charge in [0.25, 0.3) is 0 Å². The van der Waals surface area contributed by atoms with Crippen LogP contribution in [0.4, 0.5) is 0 Å². The van der Waals surface area contributed by atoms with E-state index in [0.29, 0.717) is 0 Å². The number of carbonyl (C=O) groups is 2. The minimum Gasteiger partial charge on any atom is -0.455 e. The van der Waals surface area contributed by atoms with Crippen molar-refractivity contribution in [2.24, 2.45) is 0 Å². The minimum atomic E-state index is -0.982. The van der Waals surface area contributed by atoms with E-state index in [1.54, 1.807) is 6.92 Å². The number of aliphatic hydroxyl groups is 1. The monoisotopic (exact) mass is 261 g/mol. The van der Waals surface area contributed by atoms with Crippen molar-refractivity contribution in [3.8, 4) is 0 Å². The van der Waals surface area contributed by atoms with E-state index in [1.807, 2.05) is 0 Å². The van der Waals surface area contributed by atoms with Gasteiger partial charge < -0.3 is 24.6 Å². The van der Waals surface area contributed by atoms with Crippen LogP contribution in [-0.4, -0.2) is 54.7 Å². The summed E-state index contributed by atoms with van der Waals surface area (Å²) in [7, 11) is 1.40. The Balaban J connectivity index is 2.92. The molecule has 7 heteroatoms. The highest BCUT2D eigenvalue weighted by molar-refractivity contribution is 5.73. The van der Waals surface area contributed by atoms with Gasteiger partial charge in [0.15, 0.2) is 12.4 Å². The Bertz CT molecular complexity index is 305. The number of esters is 1. The van der Waals surface area contributed by atoms with Gasteiger partial charge in [0, 0.05) is 21.0 Å². The summed E-state index contributed by atoms with van der Waals surface area (Å²) < 4.78 is 15.5. The zero-order valence-corrected chi connectivity index (χ0v) is 10.9. The Labute approximate surface area is 105 Å². The molecule has 1 aliphatic rings. The predicted octanol–water partition coefficient (Wildman–Crippen LogP) is -0.825. The van der Waals surface area contributed by atoms with Crippen LogP contribution >= 0.6 is 0 Å². The van der Waals surface area contributed by atoms with E-state index in [4.69, 9.17) is 14.2 Å². The molecule has 7 nitrogen and oxygen atoms in total. The van der Waals surface area contributed by atoms with Gasteiger partial charge in [-0.05, 0) is 6.92 Å². The van der Waals surface area contributed by atoms with Gasteiger partial charge in [0.1, 0.15) is 6.10 Å². The number of carbonyl (C=O) groups excluding carboxylic acids is 2. The van der Waals surface area contributed by atoms with Crippen molar-refractivity contribution in [3.63, 3.8) is 0 Å². The number of hydrogen-bond acceptors (Lipinski definition) is 6. The molecule has 0 radical (unpaired) electrons. The second-order valence-electron chi connectivity index (χ2n) is 4.24. The van der Waals surface area contributed by atoms with Crippen molar-refractivity contribution >= 4 is 11.9 Å². The number of aliphatic hydroxyl groups excluding tert-OH is 1. The highest BCUT2D eigenvalue weighted by atomic mass is 16.7. The Morgan fingerprint density at radius 2 is 1.94 bits per heavy atom. The molecule has 0 bridgehead atoms. The molecule has 0 aromatic rings. The molecule has 1 saturated heterocycles. The number of nitrogens with one attached hydrogen (secondary N) is 1. The Hall–Kier alpha value is -1.18. The van der Waals surface area contributed by atoms with Gasteiger partial charge in [0.2, 0.25) is 5.91 Å². The van der Waals surface area contributed by atoms with Gasteiger partial charge in [0.05, 0.1) is 12.1 Å². The zero-order valence-electron chi connectivity index (χ0n) is 10.9. The highest BCUT2D eigenvalue weighted by Crippen LogP contribution is 2.24. The van der Waals surface area contributed by atoms with Gasteiger partial charge >= 0.3 is 5.97 Å². The van der Waals surface area contributed by atoms with Crippen LogP contribution < -0.4 is 5.32 Å². The second kappa shape index (κ2) is 6.12. The Morgan fingerprint density at radius 3 is 2.39 bits per heavy atom. The van der Waals surface area contributed by atoms with E-state index < -0.39 is 36.6 Å². The summed E-state index contributed by atoms with van der Waals surface area (Å²) in [6, 6.07) is -0.764. The van der Waals surface area contributed by atoms with E-state index in [1.165, 1.54) is 21.0 Å². The van der Waals surface area contributed by atoms with Crippen LogP contribution in [-0.2, 0) is 23.8 Å². The predicted molar refractivity (Wildman–Crippen MR) is 60.5 cm³/mol. The van der Waals surface area contributed by atoms with E-state index in [9.17, 15) is 14.7 Å². The van der Waals surface area contributed by atoms with Crippen molar-refractivity contribution < 1.29 is 28.9 Å². The first-order valence-corrected chi connectivity index (χ1v) is 5.67. The summed E-state index contributed by atoms with van der Waals surface area (Å²) >= 11 is 0. The van der Waals surface area contributed by atoms with Crippen molar-refractivity contribution in [1.29, 1.82) is 0 Å². The molecule has 1 fully saturated rings. The molecule has 104 valence electrons. The fourth-order valence-corrected chi connectivity index (χ4v) is 1.94. The molecule has 0 saturated carbocycles. The fraction of sp³-hybridized carbons (Fsp3) is 0.818. The van der Waals surface area contributed by atoms with Crippen LogP contribution in [0.5, 0.6) is 0 Å². The molecule has 0 aromatic heterocycles. The molecule has 18 heavy (non-hydrogen) atoms. The smallest absolute Gasteiger partial charge is 0.303 e. The lowest BCUT2D eigenvalue weighted by Crippen LogP contribution is -2.64. The number of ether oxygens (including phenoxy) is 3. The summed E-state index contributed by atoms with van der Waals surface area (Å²) in [5, 5.41) is 12.6. The second-order valence-corrected chi connectivity index (χ2v) is 4.24. The van der Waals surface area contributed by atoms with Crippen molar-refractivity contribution in [1.82, 2.24) is 5.32 Å². The first-order chi connectivity index (χ1) is 8.36. The van der Waals surface area contributed by atoms with Gasteiger partial charge in [-0.15, -0.1) is 0 Å². The largest absolute Gasteiger partial charge is 0.455 e. The number of methoxy groups -OCH3 is 1. The maximum atomic E-state index is 11.1. The summed E-state index contributed by atoms with van der Waals surface area (Å²) in [6.07, 6.45) is -3.24. The molecule has 1 amide bonds. The molecule has 5 atom stereocenters. The molecular formula is C11H19NO6. The SMILES string of the molecule is CO[C@@H]1O[C@H](C)[C@H](O)[C@@H](NC(C)=O)[C@@H]1OC(C)=O. The lowest BCUT2D eigenvalue weighted by Gasteiger charge is -2.42. The van der Waals surface area contributed by atoms with Crippen molar-refractivity contribution in [2.45, 2.75) is 51.4 Å². The molecule has 1 heterocycles. The van der Waals surface area contributed by atoms with E-state index >= 15 is 0 Å².